The first-order chi connectivity index (χ1) is 9.56. The van der Waals surface area contributed by atoms with E-state index in [1.807, 2.05) is 35.9 Å². The van der Waals surface area contributed by atoms with E-state index in [2.05, 4.69) is 20.6 Å². The predicted molar refractivity (Wildman–Crippen MR) is 77.9 cm³/mol. The van der Waals surface area contributed by atoms with Crippen molar-refractivity contribution in [2.75, 3.05) is 11.9 Å². The summed E-state index contributed by atoms with van der Waals surface area (Å²) in [5, 5.41) is 29.8. The van der Waals surface area contributed by atoms with Crippen molar-refractivity contribution < 1.29 is 5.11 Å². The van der Waals surface area contributed by atoms with Crippen LogP contribution in [0.2, 0.25) is 0 Å². The molecule has 7 heteroatoms. The summed E-state index contributed by atoms with van der Waals surface area (Å²) in [4.78, 5) is 0. The Bertz CT molecular complexity index is 720. The first-order valence-corrected chi connectivity index (χ1v) is 7.18. The summed E-state index contributed by atoms with van der Waals surface area (Å²) in [6, 6.07) is 5.59. The number of anilines is 1. The molecule has 0 spiro atoms. The van der Waals surface area contributed by atoms with E-state index in [1.54, 1.807) is 22.8 Å². The summed E-state index contributed by atoms with van der Waals surface area (Å²) >= 11 is 1.57. The monoisotopic (exact) mass is 289 g/mol. The molecule has 20 heavy (non-hydrogen) atoms. The second-order valence-corrected chi connectivity index (χ2v) is 5.66. The van der Waals surface area contributed by atoms with Crippen LogP contribution in [0, 0.1) is 6.92 Å². The number of aryl methyl sites for hydroxylation is 1. The van der Waals surface area contributed by atoms with Crippen LogP contribution in [0.5, 0.6) is 0 Å². The van der Waals surface area contributed by atoms with Crippen molar-refractivity contribution in [2.45, 2.75) is 19.4 Å². The van der Waals surface area contributed by atoms with E-state index in [-0.39, 0.29) is 0 Å². The van der Waals surface area contributed by atoms with Gasteiger partial charge in [-0.25, -0.2) is 0 Å². The number of nitrogens with zero attached hydrogens (tertiary/aromatic N) is 4. The van der Waals surface area contributed by atoms with Crippen LogP contribution in [-0.4, -0.2) is 31.5 Å². The number of rotatable bonds is 4. The fraction of sp³-hybridized carbons (Fsp3) is 0.308. The molecule has 0 aliphatic carbocycles. The summed E-state index contributed by atoms with van der Waals surface area (Å²) in [6.45, 7) is 4.01. The summed E-state index contributed by atoms with van der Waals surface area (Å²) in [6.07, 6.45) is 0. The second-order valence-electron chi connectivity index (χ2n) is 4.88. The Kier molecular flexibility index (Phi) is 3.15. The van der Waals surface area contributed by atoms with Crippen LogP contribution in [0.25, 0.3) is 5.65 Å². The Balaban J connectivity index is 1.78. The van der Waals surface area contributed by atoms with Gasteiger partial charge in [-0.1, -0.05) is 0 Å². The number of hydrogen-bond donors (Lipinski definition) is 2. The zero-order valence-corrected chi connectivity index (χ0v) is 12.1. The van der Waals surface area contributed by atoms with E-state index >= 15 is 0 Å². The van der Waals surface area contributed by atoms with Crippen molar-refractivity contribution in [1.82, 2.24) is 19.8 Å². The average molecular weight is 289 g/mol. The van der Waals surface area contributed by atoms with Gasteiger partial charge >= 0.3 is 0 Å². The molecule has 104 valence electrons. The van der Waals surface area contributed by atoms with Crippen molar-refractivity contribution in [1.29, 1.82) is 0 Å². The molecule has 0 saturated carbocycles. The smallest absolute Gasteiger partial charge is 0.178 e. The van der Waals surface area contributed by atoms with Crippen LogP contribution < -0.4 is 5.32 Å². The van der Waals surface area contributed by atoms with Crippen LogP contribution in [-0.2, 0) is 5.60 Å². The van der Waals surface area contributed by atoms with E-state index < -0.39 is 5.60 Å². The second kappa shape index (κ2) is 4.84. The largest absolute Gasteiger partial charge is 0.384 e. The lowest BCUT2D eigenvalue weighted by atomic mass is 9.99. The number of fused-ring (bicyclic) bond motifs is 1. The van der Waals surface area contributed by atoms with Gasteiger partial charge < -0.3 is 10.4 Å². The van der Waals surface area contributed by atoms with Crippen LogP contribution >= 0.6 is 11.3 Å². The Hall–Kier alpha value is -1.99. The van der Waals surface area contributed by atoms with Gasteiger partial charge in [0.05, 0.1) is 0 Å². The molecule has 3 heterocycles. The Morgan fingerprint density at radius 3 is 2.95 bits per heavy atom. The normalized spacial score (nSPS) is 14.3. The molecule has 6 nitrogen and oxygen atoms in total. The minimum atomic E-state index is -0.932. The molecule has 3 aromatic rings. The van der Waals surface area contributed by atoms with Crippen molar-refractivity contribution in [3.63, 3.8) is 0 Å². The summed E-state index contributed by atoms with van der Waals surface area (Å²) in [5.74, 6) is 1.41. The van der Waals surface area contributed by atoms with Gasteiger partial charge in [-0.05, 0) is 48.4 Å². The third-order valence-electron chi connectivity index (χ3n) is 3.18. The molecule has 0 bridgehead atoms. The highest BCUT2D eigenvalue weighted by Crippen LogP contribution is 2.23. The lowest BCUT2D eigenvalue weighted by molar-refractivity contribution is 0.0719. The molecule has 0 radical (unpaired) electrons. The van der Waals surface area contributed by atoms with Gasteiger partial charge in [0.25, 0.3) is 0 Å². The van der Waals surface area contributed by atoms with E-state index in [0.29, 0.717) is 18.0 Å². The number of aliphatic hydroxyl groups is 1. The SMILES string of the molecule is Cc1nnc2ccc(NCC(C)(O)c3ccsc3)nn12. The lowest BCUT2D eigenvalue weighted by Gasteiger charge is -2.23. The maximum Gasteiger partial charge on any atom is 0.178 e. The highest BCUT2D eigenvalue weighted by Gasteiger charge is 2.23. The molecule has 1 unspecified atom stereocenters. The molecule has 3 rings (SSSR count). The van der Waals surface area contributed by atoms with Gasteiger partial charge in [-0.3, -0.25) is 0 Å². The van der Waals surface area contributed by atoms with Crippen LogP contribution in [0.15, 0.2) is 29.0 Å². The quantitative estimate of drug-likeness (QED) is 0.766. The molecule has 0 saturated heterocycles. The predicted octanol–water partition coefficient (Wildman–Crippen LogP) is 1.81. The third kappa shape index (κ3) is 2.37. The summed E-state index contributed by atoms with van der Waals surface area (Å²) < 4.78 is 1.67. The Morgan fingerprint density at radius 2 is 2.20 bits per heavy atom. The Labute approximate surface area is 120 Å². The van der Waals surface area contributed by atoms with Crippen molar-refractivity contribution in [3.05, 3.63) is 40.3 Å². The average Bonchev–Trinajstić information content (AvgIpc) is 3.07. The van der Waals surface area contributed by atoms with Gasteiger partial charge in [0.15, 0.2) is 11.5 Å². The van der Waals surface area contributed by atoms with Crippen molar-refractivity contribution >= 4 is 22.8 Å². The highest BCUT2D eigenvalue weighted by molar-refractivity contribution is 7.08. The maximum atomic E-state index is 10.4. The van der Waals surface area contributed by atoms with Gasteiger partial charge in [0.1, 0.15) is 11.4 Å². The van der Waals surface area contributed by atoms with Crippen molar-refractivity contribution in [3.8, 4) is 0 Å². The standard InChI is InChI=1S/C13H15N5OS/c1-9-15-16-12-4-3-11(17-18(9)12)14-8-13(2,19)10-5-6-20-7-10/h3-7,19H,8H2,1-2H3,(H,14,17). The minimum absolute atomic E-state index is 0.378. The highest BCUT2D eigenvalue weighted by atomic mass is 32.1. The number of thiophene rings is 1. The molecular formula is C13H15N5OS. The zero-order chi connectivity index (χ0) is 14.2. The fourth-order valence-electron chi connectivity index (χ4n) is 1.93. The van der Waals surface area contributed by atoms with Crippen molar-refractivity contribution in [2.24, 2.45) is 0 Å². The fourth-order valence-corrected chi connectivity index (χ4v) is 2.71. The topological polar surface area (TPSA) is 75.3 Å². The van der Waals surface area contributed by atoms with E-state index in [9.17, 15) is 5.11 Å². The van der Waals surface area contributed by atoms with Gasteiger partial charge in [-0.15, -0.1) is 15.3 Å². The van der Waals surface area contributed by atoms with E-state index in [4.69, 9.17) is 0 Å². The molecule has 0 aliphatic rings. The maximum absolute atomic E-state index is 10.4. The van der Waals surface area contributed by atoms with Gasteiger partial charge in [0, 0.05) is 6.54 Å². The third-order valence-corrected chi connectivity index (χ3v) is 3.86. The first kappa shape index (κ1) is 13.0. The van der Waals surface area contributed by atoms with Crippen LogP contribution in [0.1, 0.15) is 18.3 Å². The number of hydrogen-bond acceptors (Lipinski definition) is 6. The van der Waals surface area contributed by atoms with E-state index in [0.717, 1.165) is 11.4 Å². The molecule has 2 N–H and O–H groups in total. The lowest BCUT2D eigenvalue weighted by Crippen LogP contribution is -2.30. The summed E-state index contributed by atoms with van der Waals surface area (Å²) in [7, 11) is 0. The molecule has 0 aliphatic heterocycles. The molecule has 0 amide bonds. The van der Waals surface area contributed by atoms with Crippen LogP contribution in [0.4, 0.5) is 5.82 Å². The minimum Gasteiger partial charge on any atom is -0.384 e. The number of aromatic nitrogens is 4. The zero-order valence-electron chi connectivity index (χ0n) is 11.2. The molecule has 0 aromatic carbocycles. The van der Waals surface area contributed by atoms with Gasteiger partial charge in [-0.2, -0.15) is 15.9 Å². The van der Waals surface area contributed by atoms with Crippen LogP contribution in [0.3, 0.4) is 0 Å². The number of nitrogens with one attached hydrogen (secondary N) is 1. The van der Waals surface area contributed by atoms with Gasteiger partial charge in [0.2, 0.25) is 0 Å². The summed E-state index contributed by atoms with van der Waals surface area (Å²) in [5.41, 5.74) is 0.674. The first-order valence-electron chi connectivity index (χ1n) is 6.24. The van der Waals surface area contributed by atoms with E-state index in [1.165, 1.54) is 0 Å². The molecular weight excluding hydrogens is 274 g/mol. The Morgan fingerprint density at radius 1 is 1.35 bits per heavy atom. The molecule has 1 atom stereocenters. The molecule has 3 aromatic heterocycles. The molecule has 0 fully saturated rings.